The zero-order chi connectivity index (χ0) is 13.0. The molecule has 1 N–H and O–H groups in total. The second kappa shape index (κ2) is 5.29. The molecule has 0 amide bonds. The molecule has 1 rings (SSSR count). The quantitative estimate of drug-likeness (QED) is 0.800. The highest BCUT2D eigenvalue weighted by Gasteiger charge is 2.14. The van der Waals surface area contributed by atoms with Gasteiger partial charge >= 0.3 is 11.9 Å². The number of ether oxygens (including phenoxy) is 1. The van der Waals surface area contributed by atoms with Crippen LogP contribution < -0.4 is 4.90 Å². The second-order valence-corrected chi connectivity index (χ2v) is 3.40. The Morgan fingerprint density at radius 2 is 2.12 bits per heavy atom. The molecule has 0 fully saturated rings. The standard InChI is InChI=1S/C11H12FNO4/c1-13(6-10(14)17-2)9-5-7(11(15)16)3-4-8(9)12/h3-5H,6H2,1-2H3,(H,15,16). The highest BCUT2D eigenvalue weighted by atomic mass is 19.1. The molecule has 5 nitrogen and oxygen atoms in total. The summed E-state index contributed by atoms with van der Waals surface area (Å²) in [5.41, 5.74) is -0.00610. The van der Waals surface area contributed by atoms with Crippen LogP contribution in [0, 0.1) is 5.82 Å². The topological polar surface area (TPSA) is 66.8 Å². The number of carbonyl (C=O) groups excluding carboxylic acids is 1. The van der Waals surface area contributed by atoms with Crippen molar-refractivity contribution in [2.75, 3.05) is 25.6 Å². The Morgan fingerprint density at radius 1 is 1.47 bits per heavy atom. The van der Waals surface area contributed by atoms with E-state index in [0.717, 1.165) is 12.1 Å². The van der Waals surface area contributed by atoms with Crippen LogP contribution in [0.2, 0.25) is 0 Å². The fourth-order valence-electron chi connectivity index (χ4n) is 1.28. The number of methoxy groups -OCH3 is 1. The lowest BCUT2D eigenvalue weighted by Crippen LogP contribution is -2.27. The second-order valence-electron chi connectivity index (χ2n) is 3.40. The van der Waals surface area contributed by atoms with Crippen molar-refractivity contribution in [1.29, 1.82) is 0 Å². The molecule has 0 aliphatic rings. The molecule has 0 aromatic heterocycles. The summed E-state index contributed by atoms with van der Waals surface area (Å²) in [6.07, 6.45) is 0. The van der Waals surface area contributed by atoms with E-state index >= 15 is 0 Å². The predicted octanol–water partition coefficient (Wildman–Crippen LogP) is 1.13. The zero-order valence-electron chi connectivity index (χ0n) is 9.44. The Balaban J connectivity index is 2.99. The van der Waals surface area contributed by atoms with Crippen molar-refractivity contribution >= 4 is 17.6 Å². The van der Waals surface area contributed by atoms with Crippen LogP contribution in [0.3, 0.4) is 0 Å². The van der Waals surface area contributed by atoms with Gasteiger partial charge in [0.1, 0.15) is 12.4 Å². The molecule has 92 valence electrons. The molecule has 1 aromatic carbocycles. The molecule has 1 aromatic rings. The fourth-order valence-corrected chi connectivity index (χ4v) is 1.28. The molecule has 0 saturated heterocycles. The summed E-state index contributed by atoms with van der Waals surface area (Å²) in [6.45, 7) is -0.156. The average molecular weight is 241 g/mol. The lowest BCUT2D eigenvalue weighted by molar-refractivity contribution is -0.138. The van der Waals surface area contributed by atoms with Crippen LogP contribution in [0.5, 0.6) is 0 Å². The summed E-state index contributed by atoms with van der Waals surface area (Å²) < 4.78 is 17.9. The number of carbonyl (C=O) groups is 2. The summed E-state index contributed by atoms with van der Waals surface area (Å²) >= 11 is 0. The molecule has 0 spiro atoms. The van der Waals surface area contributed by atoms with Crippen LogP contribution in [0.25, 0.3) is 0 Å². The van der Waals surface area contributed by atoms with E-state index in [1.54, 1.807) is 0 Å². The highest BCUT2D eigenvalue weighted by molar-refractivity contribution is 5.89. The van der Waals surface area contributed by atoms with Crippen LogP contribution in [-0.2, 0) is 9.53 Å². The third kappa shape index (κ3) is 3.17. The minimum atomic E-state index is -1.15. The van der Waals surface area contributed by atoms with Crippen LogP contribution in [0.1, 0.15) is 10.4 Å². The summed E-state index contributed by atoms with van der Waals surface area (Å²) in [7, 11) is 2.70. The number of aromatic carboxylic acids is 1. The van der Waals surface area contributed by atoms with Crippen molar-refractivity contribution in [3.63, 3.8) is 0 Å². The predicted molar refractivity (Wildman–Crippen MR) is 58.6 cm³/mol. The van der Waals surface area contributed by atoms with Crippen LogP contribution in [0.4, 0.5) is 10.1 Å². The zero-order valence-corrected chi connectivity index (χ0v) is 9.44. The van der Waals surface area contributed by atoms with E-state index in [-0.39, 0.29) is 17.8 Å². The van der Waals surface area contributed by atoms with E-state index in [0.29, 0.717) is 0 Å². The molecule has 0 aliphatic carbocycles. The van der Waals surface area contributed by atoms with Crippen molar-refractivity contribution in [2.45, 2.75) is 0 Å². The highest BCUT2D eigenvalue weighted by Crippen LogP contribution is 2.19. The van der Waals surface area contributed by atoms with E-state index < -0.39 is 17.8 Å². The van der Waals surface area contributed by atoms with Gasteiger partial charge in [0.05, 0.1) is 18.4 Å². The Kier molecular flexibility index (Phi) is 4.03. The van der Waals surface area contributed by atoms with Gasteiger partial charge < -0.3 is 14.7 Å². The van der Waals surface area contributed by atoms with Gasteiger partial charge in [0, 0.05) is 7.05 Å². The lowest BCUT2D eigenvalue weighted by Gasteiger charge is -2.18. The third-order valence-electron chi connectivity index (χ3n) is 2.20. The first-order chi connectivity index (χ1) is 7.95. The van der Waals surface area contributed by atoms with Crippen molar-refractivity contribution in [2.24, 2.45) is 0 Å². The van der Waals surface area contributed by atoms with E-state index in [1.165, 1.54) is 25.1 Å². The maximum Gasteiger partial charge on any atom is 0.335 e. The number of benzene rings is 1. The monoisotopic (exact) mass is 241 g/mol. The van der Waals surface area contributed by atoms with Crippen molar-refractivity contribution in [3.8, 4) is 0 Å². The minimum Gasteiger partial charge on any atom is -0.478 e. The Hall–Kier alpha value is -2.11. The van der Waals surface area contributed by atoms with Gasteiger partial charge in [0.15, 0.2) is 0 Å². The Morgan fingerprint density at radius 3 is 2.65 bits per heavy atom. The molecule has 6 heteroatoms. The first-order valence-electron chi connectivity index (χ1n) is 4.76. The normalized spacial score (nSPS) is 9.82. The molecular formula is C11H12FNO4. The van der Waals surface area contributed by atoms with Gasteiger partial charge in [-0.05, 0) is 18.2 Å². The number of halogens is 1. The first-order valence-corrected chi connectivity index (χ1v) is 4.76. The van der Waals surface area contributed by atoms with Crippen LogP contribution >= 0.6 is 0 Å². The first kappa shape index (κ1) is 13.0. The summed E-state index contributed by atoms with van der Waals surface area (Å²) in [4.78, 5) is 23.0. The molecule has 0 aliphatic heterocycles. The van der Waals surface area contributed by atoms with Gasteiger partial charge in [-0.1, -0.05) is 0 Å². The number of rotatable bonds is 4. The van der Waals surface area contributed by atoms with Gasteiger partial charge in [-0.25, -0.2) is 9.18 Å². The molecule has 17 heavy (non-hydrogen) atoms. The van der Waals surface area contributed by atoms with Gasteiger partial charge in [-0.15, -0.1) is 0 Å². The number of anilines is 1. The van der Waals surface area contributed by atoms with Crippen LogP contribution in [0.15, 0.2) is 18.2 Å². The summed E-state index contributed by atoms with van der Waals surface area (Å²) in [5.74, 6) is -2.29. The Bertz CT molecular complexity index is 447. The molecule has 0 atom stereocenters. The van der Waals surface area contributed by atoms with Gasteiger partial charge in [0.25, 0.3) is 0 Å². The van der Waals surface area contributed by atoms with Crippen molar-refractivity contribution < 1.29 is 23.8 Å². The fraction of sp³-hybridized carbons (Fsp3) is 0.273. The minimum absolute atomic E-state index is 0.0373. The third-order valence-corrected chi connectivity index (χ3v) is 2.20. The number of hydrogen-bond donors (Lipinski definition) is 1. The van der Waals surface area contributed by atoms with Crippen molar-refractivity contribution in [1.82, 2.24) is 0 Å². The number of nitrogens with zero attached hydrogens (tertiary/aromatic N) is 1. The largest absolute Gasteiger partial charge is 0.478 e. The van der Waals surface area contributed by atoms with Gasteiger partial charge in [0.2, 0.25) is 0 Å². The van der Waals surface area contributed by atoms with Crippen LogP contribution in [-0.4, -0.2) is 37.7 Å². The number of carboxylic acid groups (broad SMARTS) is 1. The van der Waals surface area contributed by atoms with E-state index in [1.807, 2.05) is 0 Å². The number of esters is 1. The average Bonchev–Trinajstić information content (AvgIpc) is 2.28. The Labute approximate surface area is 97.4 Å². The molecule has 0 heterocycles. The van der Waals surface area contributed by atoms with E-state index in [9.17, 15) is 14.0 Å². The maximum absolute atomic E-state index is 13.5. The summed E-state index contributed by atoms with van der Waals surface area (Å²) in [5, 5.41) is 8.78. The molecule has 0 saturated carbocycles. The van der Waals surface area contributed by atoms with E-state index in [4.69, 9.17) is 5.11 Å². The number of likely N-dealkylation sites (N-methyl/N-ethyl adjacent to an activating group) is 1. The molecule has 0 bridgehead atoms. The number of hydrogen-bond acceptors (Lipinski definition) is 4. The smallest absolute Gasteiger partial charge is 0.335 e. The molecule has 0 unspecified atom stereocenters. The molecule has 0 radical (unpaired) electrons. The maximum atomic E-state index is 13.5. The molecular weight excluding hydrogens is 229 g/mol. The lowest BCUT2D eigenvalue weighted by atomic mass is 10.2. The summed E-state index contributed by atoms with van der Waals surface area (Å²) in [6, 6.07) is 3.38. The number of carboxylic acids is 1. The van der Waals surface area contributed by atoms with Gasteiger partial charge in [-0.2, -0.15) is 0 Å². The van der Waals surface area contributed by atoms with E-state index in [2.05, 4.69) is 4.74 Å². The van der Waals surface area contributed by atoms with Crippen molar-refractivity contribution in [3.05, 3.63) is 29.6 Å². The SMILES string of the molecule is COC(=O)CN(C)c1cc(C(=O)O)ccc1F. The van der Waals surface area contributed by atoms with Gasteiger partial charge in [-0.3, -0.25) is 4.79 Å².